The van der Waals surface area contributed by atoms with E-state index >= 15 is 0 Å². The zero-order chi connectivity index (χ0) is 9.84. The van der Waals surface area contributed by atoms with Gasteiger partial charge in [-0.15, -0.1) is 0 Å². The van der Waals surface area contributed by atoms with E-state index in [2.05, 4.69) is 31.7 Å². The zero-order valence-corrected chi connectivity index (χ0v) is 8.80. The Bertz CT molecular complexity index is 245. The molecule has 0 saturated heterocycles. The second-order valence-electron chi connectivity index (χ2n) is 4.08. The third-order valence-electron chi connectivity index (χ3n) is 2.74. The Morgan fingerprint density at radius 3 is 2.77 bits per heavy atom. The molecular weight excluding hydrogens is 160 g/mol. The van der Waals surface area contributed by atoms with E-state index in [4.69, 9.17) is 5.26 Å². The first-order chi connectivity index (χ1) is 6.15. The van der Waals surface area contributed by atoms with Crippen LogP contribution >= 0.6 is 0 Å². The molecule has 0 amide bonds. The topological polar surface area (TPSA) is 27.0 Å². The first kappa shape index (κ1) is 10.3. The first-order valence-corrected chi connectivity index (χ1v) is 4.93. The fourth-order valence-corrected chi connectivity index (χ4v) is 1.85. The lowest BCUT2D eigenvalue weighted by Crippen LogP contribution is -2.33. The largest absolute Gasteiger partial charge is 0.286 e. The fraction of sp³-hybridized carbons (Fsp3) is 0.727. The molecule has 13 heavy (non-hydrogen) atoms. The zero-order valence-electron chi connectivity index (χ0n) is 8.80. The van der Waals surface area contributed by atoms with Gasteiger partial charge in [0.25, 0.3) is 0 Å². The summed E-state index contributed by atoms with van der Waals surface area (Å²) in [5.41, 5.74) is 3.06. The molecule has 1 rings (SSSR count). The van der Waals surface area contributed by atoms with Gasteiger partial charge in [0, 0.05) is 13.1 Å². The van der Waals surface area contributed by atoms with Crippen molar-refractivity contribution in [2.45, 2.75) is 27.2 Å². The van der Waals surface area contributed by atoms with Crippen LogP contribution in [0.25, 0.3) is 0 Å². The van der Waals surface area contributed by atoms with Crippen molar-refractivity contribution >= 4 is 0 Å². The van der Waals surface area contributed by atoms with Gasteiger partial charge in [-0.2, -0.15) is 5.26 Å². The van der Waals surface area contributed by atoms with Gasteiger partial charge in [-0.1, -0.05) is 25.0 Å². The van der Waals surface area contributed by atoms with Gasteiger partial charge in [0.2, 0.25) is 0 Å². The molecule has 0 radical (unpaired) electrons. The van der Waals surface area contributed by atoms with Crippen LogP contribution in [0.15, 0.2) is 11.1 Å². The molecule has 0 aromatic carbocycles. The van der Waals surface area contributed by atoms with Gasteiger partial charge < -0.3 is 0 Å². The maximum absolute atomic E-state index is 8.60. The van der Waals surface area contributed by atoms with Crippen LogP contribution in [0.3, 0.4) is 0 Å². The summed E-state index contributed by atoms with van der Waals surface area (Å²) in [6, 6.07) is 2.22. The number of nitrogens with zero attached hydrogens (tertiary/aromatic N) is 2. The Labute approximate surface area is 80.8 Å². The molecule has 0 aromatic heterocycles. The number of nitriles is 1. The summed E-state index contributed by atoms with van der Waals surface area (Å²) in [6.07, 6.45) is 1.13. The summed E-state index contributed by atoms with van der Waals surface area (Å²) in [4.78, 5) is 2.22. The van der Waals surface area contributed by atoms with Crippen molar-refractivity contribution in [2.24, 2.45) is 5.92 Å². The molecule has 0 aromatic rings. The average Bonchev–Trinajstić information content (AvgIpc) is 2.08. The molecule has 2 nitrogen and oxygen atoms in total. The molecule has 0 fully saturated rings. The van der Waals surface area contributed by atoms with Gasteiger partial charge in [0.1, 0.15) is 0 Å². The van der Waals surface area contributed by atoms with Crippen LogP contribution in [0.4, 0.5) is 0 Å². The third-order valence-corrected chi connectivity index (χ3v) is 2.74. The minimum Gasteiger partial charge on any atom is -0.286 e. The molecule has 0 bridgehead atoms. The Morgan fingerprint density at radius 2 is 2.23 bits per heavy atom. The van der Waals surface area contributed by atoms with Crippen LogP contribution in [0.5, 0.6) is 0 Å². The lowest BCUT2D eigenvalue weighted by Gasteiger charge is -2.29. The van der Waals surface area contributed by atoms with Crippen molar-refractivity contribution in [3.63, 3.8) is 0 Å². The van der Waals surface area contributed by atoms with Crippen LogP contribution in [0, 0.1) is 17.2 Å². The lowest BCUT2D eigenvalue weighted by atomic mass is 9.93. The Morgan fingerprint density at radius 1 is 1.54 bits per heavy atom. The molecule has 72 valence electrons. The van der Waals surface area contributed by atoms with E-state index in [0.29, 0.717) is 12.5 Å². The summed E-state index contributed by atoms with van der Waals surface area (Å²) in [5, 5.41) is 8.60. The molecule has 2 heteroatoms. The highest BCUT2D eigenvalue weighted by Crippen LogP contribution is 2.22. The van der Waals surface area contributed by atoms with E-state index in [-0.39, 0.29) is 0 Å². The molecule has 0 N–H and O–H groups in total. The van der Waals surface area contributed by atoms with Crippen LogP contribution < -0.4 is 0 Å². The fourth-order valence-electron chi connectivity index (χ4n) is 1.85. The van der Waals surface area contributed by atoms with E-state index in [0.717, 1.165) is 19.5 Å². The second-order valence-corrected chi connectivity index (χ2v) is 4.08. The lowest BCUT2D eigenvalue weighted by molar-refractivity contribution is 0.307. The standard InChI is InChI=1S/C11H18N2/c1-9(2)11-8-13(7-5-12)6-4-10(11)3/h9H,4,6-8H2,1-3H3. The van der Waals surface area contributed by atoms with Gasteiger partial charge in [0.05, 0.1) is 12.6 Å². The summed E-state index contributed by atoms with van der Waals surface area (Å²) in [7, 11) is 0. The van der Waals surface area contributed by atoms with Crippen molar-refractivity contribution in [1.29, 1.82) is 5.26 Å². The number of rotatable bonds is 2. The summed E-state index contributed by atoms with van der Waals surface area (Å²) in [6.45, 7) is 9.30. The van der Waals surface area contributed by atoms with Gasteiger partial charge >= 0.3 is 0 Å². The SMILES string of the molecule is CC1=C(C(C)C)CN(CC#N)CC1. The normalized spacial score (nSPS) is 19.3. The van der Waals surface area contributed by atoms with E-state index in [9.17, 15) is 0 Å². The van der Waals surface area contributed by atoms with Gasteiger partial charge in [-0.3, -0.25) is 4.90 Å². The van der Waals surface area contributed by atoms with Crippen molar-refractivity contribution in [2.75, 3.05) is 19.6 Å². The van der Waals surface area contributed by atoms with Gasteiger partial charge in [0.15, 0.2) is 0 Å². The van der Waals surface area contributed by atoms with Crippen LogP contribution in [-0.4, -0.2) is 24.5 Å². The smallest absolute Gasteiger partial charge is 0.0868 e. The third kappa shape index (κ3) is 2.57. The molecule has 1 aliphatic rings. The Balaban J connectivity index is 2.66. The molecule has 0 spiro atoms. The Hall–Kier alpha value is -0.810. The van der Waals surface area contributed by atoms with Crippen molar-refractivity contribution in [3.05, 3.63) is 11.1 Å². The van der Waals surface area contributed by atoms with E-state index in [1.54, 1.807) is 0 Å². The van der Waals surface area contributed by atoms with E-state index in [1.807, 2.05) is 0 Å². The monoisotopic (exact) mass is 178 g/mol. The van der Waals surface area contributed by atoms with Crippen LogP contribution in [0.1, 0.15) is 27.2 Å². The number of hydrogen-bond acceptors (Lipinski definition) is 2. The van der Waals surface area contributed by atoms with Crippen LogP contribution in [0.2, 0.25) is 0 Å². The van der Waals surface area contributed by atoms with Gasteiger partial charge in [-0.25, -0.2) is 0 Å². The van der Waals surface area contributed by atoms with Crippen LogP contribution in [-0.2, 0) is 0 Å². The van der Waals surface area contributed by atoms with Crippen molar-refractivity contribution in [1.82, 2.24) is 4.90 Å². The maximum Gasteiger partial charge on any atom is 0.0868 e. The minimum absolute atomic E-state index is 0.573. The molecule has 1 heterocycles. The highest BCUT2D eigenvalue weighted by Gasteiger charge is 2.17. The molecule has 0 atom stereocenters. The van der Waals surface area contributed by atoms with E-state index in [1.165, 1.54) is 11.1 Å². The maximum atomic E-state index is 8.60. The molecule has 0 unspecified atom stereocenters. The quantitative estimate of drug-likeness (QED) is 0.478. The average molecular weight is 178 g/mol. The molecule has 0 saturated carbocycles. The van der Waals surface area contributed by atoms with Crippen molar-refractivity contribution in [3.8, 4) is 6.07 Å². The highest BCUT2D eigenvalue weighted by atomic mass is 15.1. The van der Waals surface area contributed by atoms with E-state index < -0.39 is 0 Å². The predicted molar refractivity (Wildman–Crippen MR) is 54.2 cm³/mol. The minimum atomic E-state index is 0.573. The summed E-state index contributed by atoms with van der Waals surface area (Å²) in [5.74, 6) is 0.626. The molecule has 0 aliphatic carbocycles. The predicted octanol–water partition coefficient (Wildman–Crippen LogP) is 2.19. The number of hydrogen-bond donors (Lipinski definition) is 0. The summed E-state index contributed by atoms with van der Waals surface area (Å²) >= 11 is 0. The molecular formula is C11H18N2. The highest BCUT2D eigenvalue weighted by molar-refractivity contribution is 5.19. The van der Waals surface area contributed by atoms with Gasteiger partial charge in [-0.05, 0) is 19.3 Å². The molecule has 1 aliphatic heterocycles. The first-order valence-electron chi connectivity index (χ1n) is 4.93. The summed E-state index contributed by atoms with van der Waals surface area (Å²) < 4.78 is 0. The Kier molecular flexibility index (Phi) is 3.50. The van der Waals surface area contributed by atoms with Crippen molar-refractivity contribution < 1.29 is 0 Å². The second kappa shape index (κ2) is 4.43.